The summed E-state index contributed by atoms with van der Waals surface area (Å²) in [6, 6.07) is 5.85. The molecule has 0 spiro atoms. The molecule has 1 aromatic rings. The zero-order valence-corrected chi connectivity index (χ0v) is 15.0. The molecule has 1 aliphatic rings. The third-order valence-electron chi connectivity index (χ3n) is 3.91. The SMILES string of the molecule is CC(C)C[C@H](c1ccccc1C(F)(F)F)N1CCNCC1.Cl.Cl. The van der Waals surface area contributed by atoms with E-state index >= 15 is 0 Å². The van der Waals surface area contributed by atoms with Gasteiger partial charge < -0.3 is 5.32 Å². The molecule has 7 heteroatoms. The molecule has 0 aromatic heterocycles. The summed E-state index contributed by atoms with van der Waals surface area (Å²) in [4.78, 5) is 2.18. The predicted molar refractivity (Wildman–Crippen MR) is 92.6 cm³/mol. The van der Waals surface area contributed by atoms with Crippen molar-refractivity contribution in [2.45, 2.75) is 32.5 Å². The summed E-state index contributed by atoms with van der Waals surface area (Å²) in [5, 5.41) is 3.26. The van der Waals surface area contributed by atoms with Gasteiger partial charge in [0.25, 0.3) is 0 Å². The van der Waals surface area contributed by atoms with Crippen LogP contribution >= 0.6 is 24.8 Å². The number of alkyl halides is 3. The second-order valence-corrected chi connectivity index (χ2v) is 6.02. The maximum Gasteiger partial charge on any atom is 0.416 e. The number of benzene rings is 1. The van der Waals surface area contributed by atoms with E-state index < -0.39 is 11.7 Å². The van der Waals surface area contributed by atoms with E-state index in [-0.39, 0.29) is 30.9 Å². The van der Waals surface area contributed by atoms with Crippen LogP contribution in [0.5, 0.6) is 0 Å². The first-order chi connectivity index (χ1) is 9.89. The summed E-state index contributed by atoms with van der Waals surface area (Å²) >= 11 is 0. The molecule has 2 rings (SSSR count). The number of hydrogen-bond donors (Lipinski definition) is 1. The van der Waals surface area contributed by atoms with Crippen molar-refractivity contribution in [1.29, 1.82) is 0 Å². The molecule has 1 aliphatic heterocycles. The van der Waals surface area contributed by atoms with Crippen molar-refractivity contribution in [2.75, 3.05) is 26.2 Å². The predicted octanol–water partition coefficient (Wildman–Crippen LogP) is 4.54. The van der Waals surface area contributed by atoms with E-state index in [9.17, 15) is 13.2 Å². The molecule has 134 valence electrons. The highest BCUT2D eigenvalue weighted by Crippen LogP contribution is 2.38. The summed E-state index contributed by atoms with van der Waals surface area (Å²) in [5.74, 6) is 0.353. The van der Waals surface area contributed by atoms with Crippen molar-refractivity contribution in [3.05, 3.63) is 35.4 Å². The lowest BCUT2D eigenvalue weighted by Crippen LogP contribution is -2.45. The van der Waals surface area contributed by atoms with Crippen LogP contribution in [0.25, 0.3) is 0 Å². The zero-order chi connectivity index (χ0) is 15.5. The molecule has 1 fully saturated rings. The van der Waals surface area contributed by atoms with Crippen LogP contribution in [0.2, 0.25) is 0 Å². The molecular formula is C16H25Cl2F3N2. The molecule has 2 nitrogen and oxygen atoms in total. The van der Waals surface area contributed by atoms with Gasteiger partial charge in [-0.25, -0.2) is 0 Å². The van der Waals surface area contributed by atoms with Crippen molar-refractivity contribution < 1.29 is 13.2 Å². The van der Waals surface area contributed by atoms with Gasteiger partial charge in [0.15, 0.2) is 0 Å². The Morgan fingerprint density at radius 1 is 1.09 bits per heavy atom. The molecule has 0 aliphatic carbocycles. The van der Waals surface area contributed by atoms with Gasteiger partial charge in [-0.15, -0.1) is 24.8 Å². The van der Waals surface area contributed by atoms with Gasteiger partial charge >= 0.3 is 6.18 Å². The van der Waals surface area contributed by atoms with Crippen molar-refractivity contribution in [3.63, 3.8) is 0 Å². The molecule has 1 aromatic carbocycles. The highest BCUT2D eigenvalue weighted by Gasteiger charge is 2.36. The fourth-order valence-electron chi connectivity index (χ4n) is 2.96. The van der Waals surface area contributed by atoms with E-state index in [4.69, 9.17) is 0 Å². The van der Waals surface area contributed by atoms with Gasteiger partial charge in [-0.05, 0) is 24.0 Å². The summed E-state index contributed by atoms with van der Waals surface area (Å²) < 4.78 is 39.8. The molecule has 1 saturated heterocycles. The van der Waals surface area contributed by atoms with Gasteiger partial charge in [0.2, 0.25) is 0 Å². The van der Waals surface area contributed by atoms with Crippen LogP contribution in [-0.2, 0) is 6.18 Å². The Hall–Kier alpha value is -0.490. The monoisotopic (exact) mass is 372 g/mol. The van der Waals surface area contributed by atoms with Gasteiger partial charge in [-0.3, -0.25) is 4.90 Å². The quantitative estimate of drug-likeness (QED) is 0.834. The fourth-order valence-corrected chi connectivity index (χ4v) is 2.96. The molecule has 23 heavy (non-hydrogen) atoms. The van der Waals surface area contributed by atoms with Crippen molar-refractivity contribution in [1.82, 2.24) is 10.2 Å². The first kappa shape index (κ1) is 22.5. The third kappa shape index (κ3) is 6.14. The maximum absolute atomic E-state index is 13.3. The van der Waals surface area contributed by atoms with Gasteiger partial charge in [0, 0.05) is 32.2 Å². The lowest BCUT2D eigenvalue weighted by Gasteiger charge is -2.37. The average Bonchev–Trinajstić information content (AvgIpc) is 2.44. The molecule has 1 N–H and O–H groups in total. The summed E-state index contributed by atoms with van der Waals surface area (Å²) in [7, 11) is 0. The Morgan fingerprint density at radius 3 is 2.17 bits per heavy atom. The number of nitrogens with zero attached hydrogens (tertiary/aromatic N) is 1. The highest BCUT2D eigenvalue weighted by atomic mass is 35.5. The van der Waals surface area contributed by atoms with Crippen molar-refractivity contribution in [3.8, 4) is 0 Å². The van der Waals surface area contributed by atoms with E-state index in [1.54, 1.807) is 12.1 Å². The smallest absolute Gasteiger partial charge is 0.314 e. The van der Waals surface area contributed by atoms with Crippen molar-refractivity contribution in [2.24, 2.45) is 5.92 Å². The van der Waals surface area contributed by atoms with Crippen LogP contribution in [0.15, 0.2) is 24.3 Å². The Balaban J connectivity index is 0.00000242. The molecule has 1 heterocycles. The van der Waals surface area contributed by atoms with Crippen LogP contribution in [0, 0.1) is 5.92 Å². The second kappa shape index (κ2) is 9.72. The van der Waals surface area contributed by atoms with Crippen LogP contribution in [0.1, 0.15) is 37.4 Å². The van der Waals surface area contributed by atoms with Gasteiger partial charge in [0.05, 0.1) is 5.56 Å². The lowest BCUT2D eigenvalue weighted by atomic mass is 9.91. The fraction of sp³-hybridized carbons (Fsp3) is 0.625. The standard InChI is InChI=1S/C16H23F3N2.2ClH/c1-12(2)11-15(21-9-7-20-8-10-21)13-5-3-4-6-14(13)16(17,18)19;;/h3-6,12,15,20H,7-11H2,1-2H3;2*1H/t15-;;/m1../s1. The number of halogens is 5. The highest BCUT2D eigenvalue weighted by molar-refractivity contribution is 5.85. The second-order valence-electron chi connectivity index (χ2n) is 6.02. The van der Waals surface area contributed by atoms with E-state index in [2.05, 4.69) is 24.1 Å². The lowest BCUT2D eigenvalue weighted by molar-refractivity contribution is -0.138. The molecular weight excluding hydrogens is 348 g/mol. The molecule has 0 saturated carbocycles. The van der Waals surface area contributed by atoms with Crippen LogP contribution in [0.3, 0.4) is 0 Å². The Bertz CT molecular complexity index is 461. The van der Waals surface area contributed by atoms with Crippen LogP contribution in [-0.4, -0.2) is 31.1 Å². The number of piperazine rings is 1. The number of rotatable bonds is 4. The first-order valence-corrected chi connectivity index (χ1v) is 7.50. The number of nitrogens with one attached hydrogen (secondary N) is 1. The zero-order valence-electron chi connectivity index (χ0n) is 13.4. The normalized spacial score (nSPS) is 17.3. The minimum atomic E-state index is -4.29. The maximum atomic E-state index is 13.3. The van der Waals surface area contributed by atoms with E-state index in [1.807, 2.05) is 0 Å². The van der Waals surface area contributed by atoms with E-state index in [0.29, 0.717) is 11.5 Å². The summed E-state index contributed by atoms with van der Waals surface area (Å²) in [6.07, 6.45) is -3.55. The van der Waals surface area contributed by atoms with Crippen molar-refractivity contribution >= 4 is 24.8 Å². The Labute approximate surface area is 148 Å². The topological polar surface area (TPSA) is 15.3 Å². The molecule has 0 unspecified atom stereocenters. The van der Waals surface area contributed by atoms with Crippen LogP contribution in [0.4, 0.5) is 13.2 Å². The molecule has 0 radical (unpaired) electrons. The minimum Gasteiger partial charge on any atom is -0.314 e. The van der Waals surface area contributed by atoms with Gasteiger partial charge in [0.1, 0.15) is 0 Å². The largest absolute Gasteiger partial charge is 0.416 e. The minimum absolute atomic E-state index is 0. The van der Waals surface area contributed by atoms with Gasteiger partial charge in [-0.2, -0.15) is 13.2 Å². The molecule has 0 bridgehead atoms. The first-order valence-electron chi connectivity index (χ1n) is 7.50. The van der Waals surface area contributed by atoms with E-state index in [0.717, 1.165) is 32.6 Å². The Morgan fingerprint density at radius 2 is 1.65 bits per heavy atom. The Kier molecular flexibility index (Phi) is 9.51. The van der Waals surface area contributed by atoms with Gasteiger partial charge in [-0.1, -0.05) is 32.0 Å². The average molecular weight is 373 g/mol. The summed E-state index contributed by atoms with van der Waals surface area (Å²) in [5.41, 5.74) is -0.0743. The third-order valence-corrected chi connectivity index (χ3v) is 3.91. The molecule has 0 amide bonds. The summed E-state index contributed by atoms with van der Waals surface area (Å²) in [6.45, 7) is 7.38. The van der Waals surface area contributed by atoms with Crippen LogP contribution < -0.4 is 5.32 Å². The molecule has 1 atom stereocenters. The number of hydrogen-bond acceptors (Lipinski definition) is 2. The van der Waals surface area contributed by atoms with E-state index in [1.165, 1.54) is 12.1 Å².